The lowest BCUT2D eigenvalue weighted by Gasteiger charge is -2.08. The molecule has 0 aliphatic rings. The number of hydrogen-bond donors (Lipinski definition) is 0. The van der Waals surface area contributed by atoms with Crippen molar-refractivity contribution in [1.29, 1.82) is 0 Å². The molecular formula is C20H22O5. The summed E-state index contributed by atoms with van der Waals surface area (Å²) in [7, 11) is 0. The first-order chi connectivity index (χ1) is 12.1. The van der Waals surface area contributed by atoms with Gasteiger partial charge in [0.15, 0.2) is 0 Å². The zero-order valence-electron chi connectivity index (χ0n) is 14.5. The first-order valence-electron chi connectivity index (χ1n) is 8.36. The molecule has 0 amide bonds. The van der Waals surface area contributed by atoms with Crippen molar-refractivity contribution in [2.75, 3.05) is 13.2 Å². The molecule has 0 unspecified atom stereocenters. The third-order valence-electron chi connectivity index (χ3n) is 3.26. The van der Waals surface area contributed by atoms with Gasteiger partial charge >= 0.3 is 11.9 Å². The van der Waals surface area contributed by atoms with Crippen molar-refractivity contribution in [3.05, 3.63) is 59.7 Å². The van der Waals surface area contributed by atoms with E-state index in [1.165, 1.54) is 6.07 Å². The molecule has 0 heterocycles. The predicted molar refractivity (Wildman–Crippen MR) is 94.2 cm³/mol. The van der Waals surface area contributed by atoms with Crippen LogP contribution >= 0.6 is 0 Å². The van der Waals surface area contributed by atoms with Crippen LogP contribution in [0, 0.1) is 0 Å². The van der Waals surface area contributed by atoms with E-state index in [1.807, 2.05) is 13.8 Å². The molecule has 2 aromatic rings. The molecule has 0 saturated carbocycles. The van der Waals surface area contributed by atoms with E-state index >= 15 is 0 Å². The van der Waals surface area contributed by atoms with Crippen LogP contribution in [0.25, 0.3) is 0 Å². The summed E-state index contributed by atoms with van der Waals surface area (Å²) in [5, 5.41) is 0. The fraction of sp³-hybridized carbons (Fsp3) is 0.300. The quantitative estimate of drug-likeness (QED) is 0.530. The van der Waals surface area contributed by atoms with Crippen molar-refractivity contribution in [2.24, 2.45) is 0 Å². The molecule has 0 spiro atoms. The van der Waals surface area contributed by atoms with Crippen molar-refractivity contribution >= 4 is 11.9 Å². The van der Waals surface area contributed by atoms with Gasteiger partial charge in [-0.25, -0.2) is 9.59 Å². The molecule has 2 rings (SSSR count). The largest absolute Gasteiger partial charge is 0.494 e. The average molecular weight is 342 g/mol. The smallest absolute Gasteiger partial charge is 0.343 e. The molecular weight excluding hydrogens is 320 g/mol. The fourth-order valence-corrected chi connectivity index (χ4v) is 2.06. The van der Waals surface area contributed by atoms with Crippen LogP contribution in [0.5, 0.6) is 11.5 Å². The topological polar surface area (TPSA) is 61.8 Å². The van der Waals surface area contributed by atoms with E-state index in [2.05, 4.69) is 0 Å². The summed E-state index contributed by atoms with van der Waals surface area (Å²) < 4.78 is 15.9. The SMILES string of the molecule is CCCOC(=O)c1cccc(OC(=O)c2cccc(OCCC)c2)c1. The Morgan fingerprint density at radius 1 is 0.800 bits per heavy atom. The van der Waals surface area contributed by atoms with Gasteiger partial charge in [-0.2, -0.15) is 0 Å². The normalized spacial score (nSPS) is 10.2. The zero-order valence-corrected chi connectivity index (χ0v) is 14.5. The van der Waals surface area contributed by atoms with Gasteiger partial charge < -0.3 is 14.2 Å². The summed E-state index contributed by atoms with van der Waals surface area (Å²) in [5.41, 5.74) is 0.728. The molecule has 0 bridgehead atoms. The summed E-state index contributed by atoms with van der Waals surface area (Å²) in [6.07, 6.45) is 1.63. The molecule has 132 valence electrons. The Balaban J connectivity index is 2.06. The molecule has 0 aliphatic heterocycles. The number of carbonyl (C=O) groups is 2. The Hall–Kier alpha value is -2.82. The van der Waals surface area contributed by atoms with Crippen molar-refractivity contribution in [1.82, 2.24) is 0 Å². The van der Waals surface area contributed by atoms with Crippen LogP contribution in [-0.4, -0.2) is 25.2 Å². The van der Waals surface area contributed by atoms with Crippen molar-refractivity contribution in [3.8, 4) is 11.5 Å². The molecule has 0 saturated heterocycles. The Morgan fingerprint density at radius 3 is 2.08 bits per heavy atom. The van der Waals surface area contributed by atoms with E-state index in [1.54, 1.807) is 42.5 Å². The Labute approximate surface area is 147 Å². The van der Waals surface area contributed by atoms with Crippen molar-refractivity contribution in [3.63, 3.8) is 0 Å². The number of benzene rings is 2. The van der Waals surface area contributed by atoms with Crippen LogP contribution < -0.4 is 9.47 Å². The maximum atomic E-state index is 12.3. The zero-order chi connectivity index (χ0) is 18.1. The highest BCUT2D eigenvalue weighted by Crippen LogP contribution is 2.18. The molecule has 0 atom stereocenters. The minimum Gasteiger partial charge on any atom is -0.494 e. The van der Waals surface area contributed by atoms with Crippen LogP contribution in [-0.2, 0) is 4.74 Å². The highest BCUT2D eigenvalue weighted by molar-refractivity contribution is 5.93. The first kappa shape index (κ1) is 18.5. The molecule has 0 aliphatic carbocycles. The van der Waals surface area contributed by atoms with Crippen LogP contribution in [0.2, 0.25) is 0 Å². The van der Waals surface area contributed by atoms with Gasteiger partial charge in [0.2, 0.25) is 0 Å². The summed E-state index contributed by atoms with van der Waals surface area (Å²) >= 11 is 0. The van der Waals surface area contributed by atoms with Gasteiger partial charge in [-0.3, -0.25) is 0 Å². The van der Waals surface area contributed by atoms with E-state index in [0.29, 0.717) is 30.1 Å². The number of esters is 2. The highest BCUT2D eigenvalue weighted by atomic mass is 16.5. The minimum absolute atomic E-state index is 0.288. The summed E-state index contributed by atoms with van der Waals surface area (Å²) in [6, 6.07) is 13.2. The molecule has 0 fully saturated rings. The maximum Gasteiger partial charge on any atom is 0.343 e. The molecule has 0 N–H and O–H groups in total. The highest BCUT2D eigenvalue weighted by Gasteiger charge is 2.12. The summed E-state index contributed by atoms with van der Waals surface area (Å²) in [4.78, 5) is 24.2. The maximum absolute atomic E-state index is 12.3. The van der Waals surface area contributed by atoms with Gasteiger partial charge in [0, 0.05) is 0 Å². The van der Waals surface area contributed by atoms with E-state index in [4.69, 9.17) is 14.2 Å². The first-order valence-corrected chi connectivity index (χ1v) is 8.36. The third kappa shape index (κ3) is 5.64. The summed E-state index contributed by atoms with van der Waals surface area (Å²) in [5.74, 6) is -0.0419. The molecule has 5 heteroatoms. The van der Waals surface area contributed by atoms with Gasteiger partial charge in [0.1, 0.15) is 11.5 Å². The Morgan fingerprint density at radius 2 is 1.40 bits per heavy atom. The standard InChI is InChI=1S/C20H22O5/c1-3-11-23-17-9-5-8-16(13-17)20(22)25-18-10-6-7-15(14-18)19(21)24-12-4-2/h5-10,13-14H,3-4,11-12H2,1-2H3. The fourth-order valence-electron chi connectivity index (χ4n) is 2.06. The van der Waals surface area contributed by atoms with Crippen LogP contribution in [0.4, 0.5) is 0 Å². The lowest BCUT2D eigenvalue weighted by Crippen LogP contribution is -2.10. The monoisotopic (exact) mass is 342 g/mol. The second kappa shape index (κ2) is 9.47. The van der Waals surface area contributed by atoms with Gasteiger partial charge in [0.25, 0.3) is 0 Å². The Kier molecular flexibility index (Phi) is 7.01. The second-order valence-electron chi connectivity index (χ2n) is 5.43. The predicted octanol–water partition coefficient (Wildman–Crippen LogP) is 4.26. The summed E-state index contributed by atoms with van der Waals surface area (Å²) in [6.45, 7) is 4.87. The van der Waals surface area contributed by atoms with Crippen LogP contribution in [0.3, 0.4) is 0 Å². The van der Waals surface area contributed by atoms with E-state index in [9.17, 15) is 9.59 Å². The van der Waals surface area contributed by atoms with Crippen molar-refractivity contribution in [2.45, 2.75) is 26.7 Å². The molecule has 2 aromatic carbocycles. The van der Waals surface area contributed by atoms with Gasteiger partial charge in [0.05, 0.1) is 24.3 Å². The third-order valence-corrected chi connectivity index (χ3v) is 3.26. The van der Waals surface area contributed by atoms with E-state index in [-0.39, 0.29) is 5.75 Å². The molecule has 0 aromatic heterocycles. The number of rotatable bonds is 8. The minimum atomic E-state index is -0.513. The van der Waals surface area contributed by atoms with Gasteiger partial charge in [-0.15, -0.1) is 0 Å². The number of carbonyl (C=O) groups excluding carboxylic acids is 2. The Bertz CT molecular complexity index is 724. The van der Waals surface area contributed by atoms with Gasteiger partial charge in [-0.1, -0.05) is 26.0 Å². The second-order valence-corrected chi connectivity index (χ2v) is 5.43. The van der Waals surface area contributed by atoms with E-state index in [0.717, 1.165) is 12.8 Å². The molecule has 25 heavy (non-hydrogen) atoms. The van der Waals surface area contributed by atoms with E-state index < -0.39 is 11.9 Å². The van der Waals surface area contributed by atoms with Gasteiger partial charge in [-0.05, 0) is 49.2 Å². The number of hydrogen-bond acceptors (Lipinski definition) is 5. The van der Waals surface area contributed by atoms with Crippen LogP contribution in [0.1, 0.15) is 47.4 Å². The lowest BCUT2D eigenvalue weighted by atomic mass is 10.2. The molecule has 0 radical (unpaired) electrons. The average Bonchev–Trinajstić information content (AvgIpc) is 2.64. The molecule has 5 nitrogen and oxygen atoms in total. The number of ether oxygens (including phenoxy) is 3. The van der Waals surface area contributed by atoms with Crippen LogP contribution in [0.15, 0.2) is 48.5 Å². The van der Waals surface area contributed by atoms with Crippen molar-refractivity contribution < 1.29 is 23.8 Å². The lowest BCUT2D eigenvalue weighted by molar-refractivity contribution is 0.0503.